The van der Waals surface area contributed by atoms with E-state index < -0.39 is 0 Å². The molecule has 15 heavy (non-hydrogen) atoms. The molecule has 1 saturated heterocycles. The maximum atomic E-state index is 4.47. The summed E-state index contributed by atoms with van der Waals surface area (Å²) in [6.45, 7) is 6.80. The summed E-state index contributed by atoms with van der Waals surface area (Å²) in [6, 6.07) is 0.553. The predicted octanol–water partition coefficient (Wildman–Crippen LogP) is 1.89. The minimum atomic E-state index is 0.553. The first kappa shape index (κ1) is 11.0. The lowest BCUT2D eigenvalue weighted by molar-refractivity contribution is 0.164. The summed E-state index contributed by atoms with van der Waals surface area (Å²) >= 11 is 1.79. The molecule has 0 aliphatic carbocycles. The molecule has 0 bridgehead atoms. The molecule has 0 radical (unpaired) electrons. The van der Waals surface area contributed by atoms with Crippen molar-refractivity contribution in [3.63, 3.8) is 0 Å². The molecule has 1 aliphatic heterocycles. The fourth-order valence-corrected chi connectivity index (χ4v) is 2.94. The third kappa shape index (κ3) is 2.77. The molecule has 1 unspecified atom stereocenters. The molecule has 1 aromatic heterocycles. The second-order valence-electron chi connectivity index (χ2n) is 3.96. The number of piperazine rings is 1. The van der Waals surface area contributed by atoms with E-state index in [0.29, 0.717) is 6.04 Å². The number of hydrogen-bond acceptors (Lipinski definition) is 4. The highest BCUT2D eigenvalue weighted by Gasteiger charge is 2.22. The standard InChI is InChI=1S/C11H19N3S/c1-2-3-10(11-13-6-9-15-11)14-7-4-12-5-8-14/h6,9-10,12H,2-5,7-8H2,1H3. The predicted molar refractivity (Wildman–Crippen MR) is 64.2 cm³/mol. The van der Waals surface area contributed by atoms with Gasteiger partial charge in [-0.05, 0) is 6.42 Å². The van der Waals surface area contributed by atoms with E-state index in [1.807, 2.05) is 6.20 Å². The van der Waals surface area contributed by atoms with Gasteiger partial charge in [0.05, 0.1) is 6.04 Å². The van der Waals surface area contributed by atoms with Crippen molar-refractivity contribution in [2.45, 2.75) is 25.8 Å². The molecule has 0 aromatic carbocycles. The molecule has 1 aromatic rings. The van der Waals surface area contributed by atoms with Gasteiger partial charge in [-0.3, -0.25) is 4.90 Å². The SMILES string of the molecule is CCCC(c1nccs1)N1CCNCC1. The second-order valence-corrected chi connectivity index (χ2v) is 4.89. The van der Waals surface area contributed by atoms with E-state index in [1.165, 1.54) is 17.8 Å². The molecule has 1 aliphatic rings. The van der Waals surface area contributed by atoms with Crippen LogP contribution in [0, 0.1) is 0 Å². The van der Waals surface area contributed by atoms with Gasteiger partial charge in [-0.25, -0.2) is 4.98 Å². The van der Waals surface area contributed by atoms with E-state index in [9.17, 15) is 0 Å². The first-order valence-electron chi connectivity index (χ1n) is 5.76. The van der Waals surface area contributed by atoms with Crippen LogP contribution in [0.25, 0.3) is 0 Å². The first-order valence-corrected chi connectivity index (χ1v) is 6.64. The van der Waals surface area contributed by atoms with Crippen molar-refractivity contribution < 1.29 is 0 Å². The van der Waals surface area contributed by atoms with Gasteiger partial charge >= 0.3 is 0 Å². The molecule has 0 amide bonds. The van der Waals surface area contributed by atoms with Crippen molar-refractivity contribution in [1.29, 1.82) is 0 Å². The third-order valence-electron chi connectivity index (χ3n) is 2.89. The maximum Gasteiger partial charge on any atom is 0.110 e. The molecule has 2 rings (SSSR count). The van der Waals surface area contributed by atoms with Gasteiger partial charge < -0.3 is 5.32 Å². The molecule has 4 heteroatoms. The normalized spacial score (nSPS) is 20.3. The lowest BCUT2D eigenvalue weighted by Crippen LogP contribution is -2.45. The number of nitrogens with zero attached hydrogens (tertiary/aromatic N) is 2. The molecule has 3 nitrogen and oxygen atoms in total. The summed E-state index contributed by atoms with van der Waals surface area (Å²) in [5, 5.41) is 6.77. The summed E-state index contributed by atoms with van der Waals surface area (Å²) in [5.41, 5.74) is 0. The Hall–Kier alpha value is -0.450. The summed E-state index contributed by atoms with van der Waals surface area (Å²) in [5.74, 6) is 0. The van der Waals surface area contributed by atoms with Gasteiger partial charge in [-0.15, -0.1) is 11.3 Å². The summed E-state index contributed by atoms with van der Waals surface area (Å²) in [6.07, 6.45) is 4.38. The maximum absolute atomic E-state index is 4.47. The molecule has 2 heterocycles. The van der Waals surface area contributed by atoms with Crippen molar-refractivity contribution in [3.05, 3.63) is 16.6 Å². The second kappa shape index (κ2) is 5.58. The number of nitrogens with one attached hydrogen (secondary N) is 1. The topological polar surface area (TPSA) is 28.2 Å². The van der Waals surface area contributed by atoms with Crippen molar-refractivity contribution in [1.82, 2.24) is 15.2 Å². The van der Waals surface area contributed by atoms with E-state index in [4.69, 9.17) is 0 Å². The van der Waals surface area contributed by atoms with E-state index >= 15 is 0 Å². The quantitative estimate of drug-likeness (QED) is 0.848. The Morgan fingerprint density at radius 1 is 1.53 bits per heavy atom. The average molecular weight is 225 g/mol. The summed E-state index contributed by atoms with van der Waals surface area (Å²) in [7, 11) is 0. The molecule has 1 N–H and O–H groups in total. The Morgan fingerprint density at radius 3 is 2.93 bits per heavy atom. The van der Waals surface area contributed by atoms with Crippen molar-refractivity contribution in [2.75, 3.05) is 26.2 Å². The summed E-state index contributed by atoms with van der Waals surface area (Å²) in [4.78, 5) is 7.04. The van der Waals surface area contributed by atoms with Crippen LogP contribution in [-0.2, 0) is 0 Å². The minimum Gasteiger partial charge on any atom is -0.314 e. The van der Waals surface area contributed by atoms with Crippen molar-refractivity contribution in [2.24, 2.45) is 0 Å². The van der Waals surface area contributed by atoms with Crippen LogP contribution in [0.3, 0.4) is 0 Å². The van der Waals surface area contributed by atoms with E-state index in [-0.39, 0.29) is 0 Å². The first-order chi connectivity index (χ1) is 7.42. The molecular weight excluding hydrogens is 206 g/mol. The number of hydrogen-bond donors (Lipinski definition) is 1. The zero-order chi connectivity index (χ0) is 10.5. The van der Waals surface area contributed by atoms with Gasteiger partial charge in [-0.2, -0.15) is 0 Å². The van der Waals surface area contributed by atoms with E-state index in [0.717, 1.165) is 26.2 Å². The molecule has 1 fully saturated rings. The molecular formula is C11H19N3S. The van der Waals surface area contributed by atoms with Crippen molar-refractivity contribution >= 4 is 11.3 Å². The highest BCUT2D eigenvalue weighted by atomic mass is 32.1. The Morgan fingerprint density at radius 2 is 2.33 bits per heavy atom. The molecule has 1 atom stereocenters. The van der Waals surface area contributed by atoms with E-state index in [1.54, 1.807) is 11.3 Å². The third-order valence-corrected chi connectivity index (χ3v) is 3.77. The Kier molecular flexibility index (Phi) is 4.11. The van der Waals surface area contributed by atoms with Gasteiger partial charge in [0.25, 0.3) is 0 Å². The lowest BCUT2D eigenvalue weighted by Gasteiger charge is -2.33. The van der Waals surface area contributed by atoms with Crippen molar-refractivity contribution in [3.8, 4) is 0 Å². The van der Waals surface area contributed by atoms with Gasteiger partial charge in [0.2, 0.25) is 0 Å². The average Bonchev–Trinajstić information content (AvgIpc) is 2.80. The Balaban J connectivity index is 2.04. The highest BCUT2D eigenvalue weighted by Crippen LogP contribution is 2.27. The zero-order valence-corrected chi connectivity index (χ0v) is 10.1. The number of aromatic nitrogens is 1. The van der Waals surface area contributed by atoms with Crippen LogP contribution in [0.4, 0.5) is 0 Å². The Bertz CT molecular complexity index is 267. The van der Waals surface area contributed by atoms with Crippen LogP contribution < -0.4 is 5.32 Å². The van der Waals surface area contributed by atoms with Crippen LogP contribution in [0.5, 0.6) is 0 Å². The minimum absolute atomic E-state index is 0.553. The van der Waals surface area contributed by atoms with Crippen LogP contribution >= 0.6 is 11.3 Å². The molecule has 0 saturated carbocycles. The smallest absolute Gasteiger partial charge is 0.110 e. The van der Waals surface area contributed by atoms with Gasteiger partial charge in [0, 0.05) is 37.8 Å². The van der Waals surface area contributed by atoms with Gasteiger partial charge in [0.15, 0.2) is 0 Å². The summed E-state index contributed by atoms with van der Waals surface area (Å²) < 4.78 is 0. The number of thiazole rings is 1. The molecule has 0 spiro atoms. The highest BCUT2D eigenvalue weighted by molar-refractivity contribution is 7.09. The largest absolute Gasteiger partial charge is 0.314 e. The van der Waals surface area contributed by atoms with Gasteiger partial charge in [0.1, 0.15) is 5.01 Å². The van der Waals surface area contributed by atoms with E-state index in [2.05, 4.69) is 27.5 Å². The number of rotatable bonds is 4. The van der Waals surface area contributed by atoms with Crippen LogP contribution in [0.15, 0.2) is 11.6 Å². The monoisotopic (exact) mass is 225 g/mol. The zero-order valence-electron chi connectivity index (χ0n) is 9.28. The fourth-order valence-electron chi connectivity index (χ4n) is 2.13. The van der Waals surface area contributed by atoms with Crippen LogP contribution in [0.1, 0.15) is 30.8 Å². The van der Waals surface area contributed by atoms with Crippen LogP contribution in [-0.4, -0.2) is 36.1 Å². The van der Waals surface area contributed by atoms with Gasteiger partial charge in [-0.1, -0.05) is 13.3 Å². The van der Waals surface area contributed by atoms with Crippen LogP contribution in [0.2, 0.25) is 0 Å². The fraction of sp³-hybridized carbons (Fsp3) is 0.727. The Labute approximate surface area is 95.5 Å². The molecule has 84 valence electrons. The lowest BCUT2D eigenvalue weighted by atomic mass is 10.1.